The van der Waals surface area contributed by atoms with Crippen LogP contribution in [0.1, 0.15) is 29.8 Å². The lowest BCUT2D eigenvalue weighted by Gasteiger charge is -2.11. The van der Waals surface area contributed by atoms with Gasteiger partial charge in [0.2, 0.25) is 5.78 Å². The molecule has 7 nitrogen and oxygen atoms in total. The molecule has 3 aromatic rings. The Kier molecular flexibility index (Phi) is 5.02. The Morgan fingerprint density at radius 3 is 2.29 bits per heavy atom. The Bertz CT molecular complexity index is 1200. The molecule has 31 heavy (non-hydrogen) atoms. The minimum absolute atomic E-state index is 0.0260. The molecule has 0 aliphatic carbocycles. The van der Waals surface area contributed by atoms with Gasteiger partial charge in [-0.1, -0.05) is 29.4 Å². The average Bonchev–Trinajstić information content (AvgIpc) is 3.01. The minimum atomic E-state index is -1.01. The molecule has 0 saturated heterocycles. The van der Waals surface area contributed by atoms with Crippen molar-refractivity contribution in [2.75, 3.05) is 5.32 Å². The number of ketones is 1. The standard InChI is InChI=1S/C22H16F2N4O3/c1-22(2)20(29)19(28-31-22)13-6-3-5-12(9-13)16-10-26-17(11-25-16)27-21(30)18-14(23)7-4-8-15(18)24/h3-11H,1-2H3,(H,26,27,30). The van der Waals surface area contributed by atoms with Gasteiger partial charge in [0.1, 0.15) is 17.2 Å². The summed E-state index contributed by atoms with van der Waals surface area (Å²) in [7, 11) is 0. The highest BCUT2D eigenvalue weighted by Crippen LogP contribution is 2.25. The number of halogens is 2. The van der Waals surface area contributed by atoms with Crippen molar-refractivity contribution in [3.8, 4) is 11.3 Å². The van der Waals surface area contributed by atoms with Gasteiger partial charge in [-0.15, -0.1) is 0 Å². The number of Topliss-reactive ketones (excluding diaryl/α,β-unsaturated/α-hetero) is 1. The molecule has 1 aliphatic rings. The van der Waals surface area contributed by atoms with Crippen LogP contribution in [0.2, 0.25) is 0 Å². The van der Waals surface area contributed by atoms with Crippen molar-refractivity contribution in [3.63, 3.8) is 0 Å². The normalized spacial score (nSPS) is 14.7. The summed E-state index contributed by atoms with van der Waals surface area (Å²) in [5, 5.41) is 6.20. The zero-order valence-electron chi connectivity index (χ0n) is 16.5. The summed E-state index contributed by atoms with van der Waals surface area (Å²) < 4.78 is 27.5. The fourth-order valence-corrected chi connectivity index (χ4v) is 2.97. The molecule has 156 valence electrons. The summed E-state index contributed by atoms with van der Waals surface area (Å²) in [6.45, 7) is 3.28. The maximum Gasteiger partial charge on any atom is 0.262 e. The first-order chi connectivity index (χ1) is 14.8. The zero-order chi connectivity index (χ0) is 22.2. The van der Waals surface area contributed by atoms with Crippen LogP contribution in [0.25, 0.3) is 11.3 Å². The molecule has 2 aromatic carbocycles. The van der Waals surface area contributed by atoms with Crippen molar-refractivity contribution in [3.05, 3.63) is 77.6 Å². The predicted octanol–water partition coefficient (Wildman–Crippen LogP) is 3.76. The summed E-state index contributed by atoms with van der Waals surface area (Å²) in [6.07, 6.45) is 2.66. The molecule has 1 amide bonds. The number of carbonyl (C=O) groups excluding carboxylic acids is 2. The number of hydrogen-bond acceptors (Lipinski definition) is 6. The molecule has 0 radical (unpaired) electrons. The summed E-state index contributed by atoms with van der Waals surface area (Å²) in [4.78, 5) is 38.1. The Morgan fingerprint density at radius 1 is 1.00 bits per heavy atom. The highest BCUT2D eigenvalue weighted by Gasteiger charge is 2.40. The van der Waals surface area contributed by atoms with Crippen molar-refractivity contribution in [2.24, 2.45) is 5.16 Å². The predicted molar refractivity (Wildman–Crippen MR) is 108 cm³/mol. The SMILES string of the molecule is CC1(C)ON=C(c2cccc(-c3cnc(NC(=O)c4c(F)cccc4F)cn3)c2)C1=O. The summed E-state index contributed by atoms with van der Waals surface area (Å²) >= 11 is 0. The Labute approximate surface area is 175 Å². The molecule has 2 heterocycles. The third kappa shape index (κ3) is 3.89. The molecule has 0 bridgehead atoms. The van der Waals surface area contributed by atoms with E-state index < -0.39 is 28.7 Å². The van der Waals surface area contributed by atoms with Gasteiger partial charge in [-0.2, -0.15) is 0 Å². The van der Waals surface area contributed by atoms with Crippen LogP contribution in [0.5, 0.6) is 0 Å². The molecule has 0 fully saturated rings. The molecule has 4 rings (SSSR count). The fraction of sp³-hybridized carbons (Fsp3) is 0.136. The number of nitrogens with one attached hydrogen (secondary N) is 1. The van der Waals surface area contributed by atoms with Gasteiger partial charge >= 0.3 is 0 Å². The van der Waals surface area contributed by atoms with E-state index in [1.54, 1.807) is 38.1 Å². The molecule has 1 N–H and O–H groups in total. The van der Waals surface area contributed by atoms with Crippen molar-refractivity contribution in [1.82, 2.24) is 9.97 Å². The van der Waals surface area contributed by atoms with E-state index in [9.17, 15) is 18.4 Å². The second-order valence-electron chi connectivity index (χ2n) is 7.29. The second-order valence-corrected chi connectivity index (χ2v) is 7.29. The van der Waals surface area contributed by atoms with Crippen LogP contribution in [0.3, 0.4) is 0 Å². The fourth-order valence-electron chi connectivity index (χ4n) is 2.97. The average molecular weight is 422 g/mol. The van der Waals surface area contributed by atoms with Gasteiger partial charge in [0, 0.05) is 11.1 Å². The third-order valence-corrected chi connectivity index (χ3v) is 4.64. The number of amides is 1. The van der Waals surface area contributed by atoms with Gasteiger partial charge in [-0.25, -0.2) is 13.8 Å². The quantitative estimate of drug-likeness (QED) is 0.691. The molecule has 0 unspecified atom stereocenters. The first-order valence-corrected chi connectivity index (χ1v) is 9.25. The molecule has 0 spiro atoms. The van der Waals surface area contributed by atoms with Gasteiger partial charge in [0.15, 0.2) is 17.1 Å². The van der Waals surface area contributed by atoms with E-state index in [1.807, 2.05) is 0 Å². The summed E-state index contributed by atoms with van der Waals surface area (Å²) in [5.41, 5.74) is 0.195. The number of nitrogens with zero attached hydrogens (tertiary/aromatic N) is 3. The lowest BCUT2D eigenvalue weighted by Crippen LogP contribution is -2.33. The monoisotopic (exact) mass is 422 g/mol. The molecular weight excluding hydrogens is 406 g/mol. The van der Waals surface area contributed by atoms with Crippen LogP contribution in [0.15, 0.2) is 60.0 Å². The van der Waals surface area contributed by atoms with Crippen LogP contribution < -0.4 is 5.32 Å². The Balaban J connectivity index is 1.54. The van der Waals surface area contributed by atoms with Crippen LogP contribution in [0, 0.1) is 11.6 Å². The Morgan fingerprint density at radius 2 is 1.68 bits per heavy atom. The van der Waals surface area contributed by atoms with Crippen LogP contribution in [-0.4, -0.2) is 33.0 Å². The van der Waals surface area contributed by atoms with E-state index in [4.69, 9.17) is 4.84 Å². The largest absolute Gasteiger partial charge is 0.381 e. The number of carbonyl (C=O) groups is 2. The highest BCUT2D eigenvalue weighted by atomic mass is 19.1. The number of aromatic nitrogens is 2. The van der Waals surface area contributed by atoms with Crippen LogP contribution in [0.4, 0.5) is 14.6 Å². The molecular formula is C22H16F2N4O3. The summed E-state index contributed by atoms with van der Waals surface area (Å²) in [5.74, 6) is -3.13. The number of oxime groups is 1. The van der Waals surface area contributed by atoms with Crippen molar-refractivity contribution >= 4 is 23.2 Å². The van der Waals surface area contributed by atoms with E-state index in [0.29, 0.717) is 16.8 Å². The van der Waals surface area contributed by atoms with Gasteiger partial charge in [0.25, 0.3) is 5.91 Å². The minimum Gasteiger partial charge on any atom is -0.381 e. The first-order valence-electron chi connectivity index (χ1n) is 9.25. The van der Waals surface area contributed by atoms with Crippen molar-refractivity contribution in [1.29, 1.82) is 0 Å². The second kappa shape index (κ2) is 7.67. The molecule has 9 heteroatoms. The Hall–Kier alpha value is -4.01. The third-order valence-electron chi connectivity index (χ3n) is 4.64. The molecule has 1 aromatic heterocycles. The van der Waals surface area contributed by atoms with E-state index in [1.165, 1.54) is 18.5 Å². The number of benzene rings is 2. The maximum absolute atomic E-state index is 13.8. The molecule has 0 atom stereocenters. The van der Waals surface area contributed by atoms with Crippen molar-refractivity contribution < 1.29 is 23.2 Å². The first kappa shape index (κ1) is 20.3. The van der Waals surface area contributed by atoms with Gasteiger partial charge in [0.05, 0.1) is 18.1 Å². The lowest BCUT2D eigenvalue weighted by atomic mass is 9.95. The van der Waals surface area contributed by atoms with E-state index in [2.05, 4.69) is 20.4 Å². The van der Waals surface area contributed by atoms with Gasteiger partial charge in [-0.05, 0) is 32.0 Å². The van der Waals surface area contributed by atoms with Crippen LogP contribution >= 0.6 is 0 Å². The maximum atomic E-state index is 13.8. The van der Waals surface area contributed by atoms with Crippen molar-refractivity contribution in [2.45, 2.75) is 19.4 Å². The van der Waals surface area contributed by atoms with Gasteiger partial charge in [-0.3, -0.25) is 14.6 Å². The zero-order valence-corrected chi connectivity index (χ0v) is 16.5. The number of rotatable bonds is 4. The van der Waals surface area contributed by atoms with E-state index in [0.717, 1.165) is 12.1 Å². The molecule has 0 saturated carbocycles. The van der Waals surface area contributed by atoms with E-state index in [-0.39, 0.29) is 17.3 Å². The van der Waals surface area contributed by atoms with Gasteiger partial charge < -0.3 is 10.2 Å². The smallest absolute Gasteiger partial charge is 0.262 e. The number of anilines is 1. The van der Waals surface area contributed by atoms with Crippen LogP contribution in [-0.2, 0) is 9.63 Å². The topological polar surface area (TPSA) is 93.5 Å². The molecule has 1 aliphatic heterocycles. The number of hydrogen-bond donors (Lipinski definition) is 1. The lowest BCUT2D eigenvalue weighted by molar-refractivity contribution is -0.128. The summed E-state index contributed by atoms with van der Waals surface area (Å²) in [6, 6.07) is 10.1. The highest BCUT2D eigenvalue weighted by molar-refractivity contribution is 6.49. The van der Waals surface area contributed by atoms with E-state index >= 15 is 0 Å².